The minimum absolute atomic E-state index is 0.563. The van der Waals surface area contributed by atoms with Crippen molar-refractivity contribution < 1.29 is 0 Å². The number of thiophene rings is 1. The fraction of sp³-hybridized carbons (Fsp3) is 0. The van der Waals surface area contributed by atoms with Crippen LogP contribution in [0, 0.1) is 0 Å². The monoisotopic (exact) mass is 696 g/mol. The average Bonchev–Trinajstić information content (AvgIpc) is 3.92. The van der Waals surface area contributed by atoms with Crippen LogP contribution in [0.5, 0.6) is 0 Å². The molecule has 0 saturated carbocycles. The van der Waals surface area contributed by atoms with E-state index in [1.165, 1.54) is 20.2 Å². The summed E-state index contributed by atoms with van der Waals surface area (Å²) in [6.07, 6.45) is 0. The number of hydrogen-bond acceptors (Lipinski definition) is 5. The van der Waals surface area contributed by atoms with Gasteiger partial charge in [0.1, 0.15) is 5.82 Å². The molecule has 11 aromatic rings. The molecule has 0 radical (unpaired) electrons. The van der Waals surface area contributed by atoms with Crippen LogP contribution in [0.2, 0.25) is 0 Å². The van der Waals surface area contributed by atoms with Gasteiger partial charge in [0.15, 0.2) is 11.6 Å². The van der Waals surface area contributed by atoms with Gasteiger partial charge >= 0.3 is 0 Å². The van der Waals surface area contributed by atoms with Crippen LogP contribution in [0.1, 0.15) is 0 Å². The van der Waals surface area contributed by atoms with Crippen molar-refractivity contribution in [3.8, 4) is 45.8 Å². The second-order valence-corrected chi connectivity index (χ2v) is 14.1. The predicted molar refractivity (Wildman–Crippen MR) is 218 cm³/mol. The molecular formula is C46H28N6S. The van der Waals surface area contributed by atoms with E-state index in [1.54, 1.807) is 11.3 Å². The summed E-state index contributed by atoms with van der Waals surface area (Å²) in [5, 5.41) is 4.61. The molecule has 7 aromatic carbocycles. The molecule has 0 unspecified atom stereocenters. The van der Waals surface area contributed by atoms with Gasteiger partial charge in [0, 0.05) is 48.6 Å². The second-order valence-electron chi connectivity index (χ2n) is 13.1. The van der Waals surface area contributed by atoms with Crippen molar-refractivity contribution in [1.29, 1.82) is 0 Å². The topological polar surface area (TPSA) is 61.4 Å². The highest BCUT2D eigenvalue weighted by Crippen LogP contribution is 2.45. The molecule has 0 amide bonds. The summed E-state index contributed by atoms with van der Waals surface area (Å²) in [6.45, 7) is 0. The Morgan fingerprint density at radius 2 is 0.981 bits per heavy atom. The molecular weight excluding hydrogens is 669 g/mol. The molecule has 248 valence electrons. The van der Waals surface area contributed by atoms with E-state index in [9.17, 15) is 0 Å². The first-order valence-corrected chi connectivity index (χ1v) is 18.4. The molecule has 4 aromatic heterocycles. The highest BCUT2D eigenvalue weighted by molar-refractivity contribution is 7.26. The summed E-state index contributed by atoms with van der Waals surface area (Å²) in [5.74, 6) is 2.69. The number of hydrogen-bond donors (Lipinski definition) is 0. The van der Waals surface area contributed by atoms with Crippen LogP contribution in [0.3, 0.4) is 0 Å². The highest BCUT2D eigenvalue weighted by atomic mass is 32.1. The third-order valence-corrected chi connectivity index (χ3v) is 11.2. The summed E-state index contributed by atoms with van der Waals surface area (Å²) in [7, 11) is 0. The number of aromatic nitrogens is 6. The van der Waals surface area contributed by atoms with Crippen LogP contribution < -0.4 is 0 Å². The van der Waals surface area contributed by atoms with Gasteiger partial charge in [-0.15, -0.1) is 11.3 Å². The molecule has 0 aliphatic carbocycles. The molecule has 0 N–H and O–H groups in total. The van der Waals surface area contributed by atoms with E-state index in [4.69, 9.17) is 19.9 Å². The molecule has 0 bridgehead atoms. The van der Waals surface area contributed by atoms with E-state index in [-0.39, 0.29) is 0 Å². The van der Waals surface area contributed by atoms with Gasteiger partial charge in [-0.25, -0.2) is 9.97 Å². The van der Waals surface area contributed by atoms with Crippen molar-refractivity contribution in [2.24, 2.45) is 0 Å². The maximum atomic E-state index is 5.50. The molecule has 0 aliphatic heterocycles. The molecule has 4 heterocycles. The van der Waals surface area contributed by atoms with Gasteiger partial charge in [0.05, 0.1) is 26.8 Å². The van der Waals surface area contributed by atoms with Crippen molar-refractivity contribution in [3.63, 3.8) is 0 Å². The number of benzene rings is 7. The standard InChI is InChI=1S/C46H28N6S/c1-5-15-29(16-6-1)43-48-44(30-17-7-2-8-18-30)50-46(49-43)52-36-27-28-37-40(47-45(31-19-9-3-10-20-31)51(37)32-21-11-4-12-22-32)39(36)35-26-25-34-33-23-13-14-24-38(33)53-42(34)41(35)52/h1-28H. The number of fused-ring (bicyclic) bond motifs is 9. The molecule has 6 nitrogen and oxygen atoms in total. The van der Waals surface area contributed by atoms with Gasteiger partial charge in [-0.05, 0) is 30.3 Å². The third kappa shape index (κ3) is 4.64. The first-order valence-electron chi connectivity index (χ1n) is 17.6. The molecule has 7 heteroatoms. The normalized spacial score (nSPS) is 11.8. The van der Waals surface area contributed by atoms with Gasteiger partial charge in [-0.3, -0.25) is 9.13 Å². The van der Waals surface area contributed by atoms with Crippen LogP contribution in [0.4, 0.5) is 0 Å². The van der Waals surface area contributed by atoms with Crippen LogP contribution in [-0.2, 0) is 0 Å². The van der Waals surface area contributed by atoms with E-state index in [2.05, 4.69) is 137 Å². The highest BCUT2D eigenvalue weighted by Gasteiger charge is 2.25. The Morgan fingerprint density at radius 1 is 0.415 bits per heavy atom. The Kier molecular flexibility index (Phi) is 6.62. The SMILES string of the molecule is c1ccc(-c2nc(-c3ccccc3)nc(-n3c4ccc5c(nc(-c6ccccc6)n5-c5ccccc5)c4c4ccc5c6ccccc6sc5c43)n2)cc1. The zero-order valence-corrected chi connectivity index (χ0v) is 29.1. The molecule has 0 spiro atoms. The number of para-hydroxylation sites is 1. The quantitative estimate of drug-likeness (QED) is 0.180. The summed E-state index contributed by atoms with van der Waals surface area (Å²) in [4.78, 5) is 21.0. The minimum Gasteiger partial charge on any atom is -0.292 e. The van der Waals surface area contributed by atoms with E-state index >= 15 is 0 Å². The maximum Gasteiger partial charge on any atom is 0.238 e. The fourth-order valence-electron chi connectivity index (χ4n) is 7.63. The molecule has 0 fully saturated rings. The van der Waals surface area contributed by atoms with Crippen LogP contribution >= 0.6 is 11.3 Å². The Balaban J connectivity index is 1.31. The molecule has 0 atom stereocenters. The van der Waals surface area contributed by atoms with E-state index in [0.29, 0.717) is 17.6 Å². The maximum absolute atomic E-state index is 5.50. The van der Waals surface area contributed by atoms with Crippen LogP contribution in [0.25, 0.3) is 98.8 Å². The lowest BCUT2D eigenvalue weighted by molar-refractivity contribution is 0.955. The molecule has 0 saturated heterocycles. The van der Waals surface area contributed by atoms with Gasteiger partial charge in [0.2, 0.25) is 5.95 Å². The van der Waals surface area contributed by atoms with Gasteiger partial charge in [-0.2, -0.15) is 9.97 Å². The number of nitrogens with zero attached hydrogens (tertiary/aromatic N) is 6. The zero-order chi connectivity index (χ0) is 34.9. The molecule has 11 rings (SSSR count). The van der Waals surface area contributed by atoms with Crippen molar-refractivity contribution in [2.45, 2.75) is 0 Å². The predicted octanol–water partition coefficient (Wildman–Crippen LogP) is 11.7. The lowest BCUT2D eigenvalue weighted by Crippen LogP contribution is -2.06. The van der Waals surface area contributed by atoms with Crippen LogP contribution in [0.15, 0.2) is 170 Å². The second kappa shape index (κ2) is 11.8. The smallest absolute Gasteiger partial charge is 0.238 e. The average molecular weight is 697 g/mol. The largest absolute Gasteiger partial charge is 0.292 e. The zero-order valence-electron chi connectivity index (χ0n) is 28.3. The van der Waals surface area contributed by atoms with Crippen molar-refractivity contribution >= 4 is 64.3 Å². The van der Waals surface area contributed by atoms with Gasteiger partial charge < -0.3 is 0 Å². The fourth-order valence-corrected chi connectivity index (χ4v) is 8.87. The summed E-state index contributed by atoms with van der Waals surface area (Å²) < 4.78 is 6.94. The van der Waals surface area contributed by atoms with Crippen molar-refractivity contribution in [2.75, 3.05) is 0 Å². The molecule has 0 aliphatic rings. The molecule has 53 heavy (non-hydrogen) atoms. The van der Waals surface area contributed by atoms with E-state index in [1.807, 2.05) is 42.5 Å². The Bertz CT molecular complexity index is 3090. The minimum atomic E-state index is 0.563. The lowest BCUT2D eigenvalue weighted by atomic mass is 10.1. The Morgan fingerprint density at radius 3 is 1.66 bits per heavy atom. The summed E-state index contributed by atoms with van der Waals surface area (Å²) in [5.41, 5.74) is 7.97. The van der Waals surface area contributed by atoms with Crippen LogP contribution in [-0.4, -0.2) is 29.1 Å². The van der Waals surface area contributed by atoms with Gasteiger partial charge in [0.25, 0.3) is 0 Å². The summed E-state index contributed by atoms with van der Waals surface area (Å²) in [6, 6.07) is 58.8. The van der Waals surface area contributed by atoms with E-state index < -0.39 is 0 Å². The Hall–Kier alpha value is -6.96. The first-order chi connectivity index (χ1) is 26.3. The third-order valence-electron chi connectivity index (χ3n) is 9.99. The van der Waals surface area contributed by atoms with Crippen molar-refractivity contribution in [1.82, 2.24) is 29.1 Å². The van der Waals surface area contributed by atoms with Crippen molar-refractivity contribution in [3.05, 3.63) is 170 Å². The number of rotatable bonds is 5. The van der Waals surface area contributed by atoms with Gasteiger partial charge in [-0.1, -0.05) is 140 Å². The van der Waals surface area contributed by atoms with E-state index in [0.717, 1.165) is 61.0 Å². The first kappa shape index (κ1) is 29.7. The summed E-state index contributed by atoms with van der Waals surface area (Å²) >= 11 is 1.81. The number of imidazole rings is 1. The Labute approximate surface area is 307 Å². The lowest BCUT2D eigenvalue weighted by Gasteiger charge is -2.11.